The third-order valence-electron chi connectivity index (χ3n) is 2.79. The number of carbonyl (C=O) groups is 1. The van der Waals surface area contributed by atoms with Crippen molar-refractivity contribution in [3.8, 4) is 5.75 Å². The molecule has 1 heterocycles. The third-order valence-corrected chi connectivity index (χ3v) is 2.79. The van der Waals surface area contributed by atoms with Crippen LogP contribution in [0.2, 0.25) is 0 Å². The Labute approximate surface area is 117 Å². The number of phenolic OH excluding ortho intramolecular Hbond substituents is 1. The Morgan fingerprint density at radius 2 is 1.90 bits per heavy atom. The second-order valence-electron chi connectivity index (χ2n) is 4.28. The predicted molar refractivity (Wildman–Crippen MR) is 76.4 cm³/mol. The highest BCUT2D eigenvalue weighted by atomic mass is 16.3. The summed E-state index contributed by atoms with van der Waals surface area (Å²) in [5, 5.41) is 15.5. The van der Waals surface area contributed by atoms with Crippen LogP contribution in [0.15, 0.2) is 48.7 Å². The summed E-state index contributed by atoms with van der Waals surface area (Å²) < 4.78 is 0. The molecular weight excluding hydrogens is 254 g/mol. The maximum Gasteiger partial charge on any atom is 0.269 e. The van der Waals surface area contributed by atoms with Gasteiger partial charge in [-0.15, -0.1) is 0 Å². The predicted octanol–water partition coefficient (Wildman–Crippen LogP) is 1.31. The Bertz CT molecular complexity index is 558. The number of para-hydroxylation sites is 1. The Kier molecular flexibility index (Phi) is 5.08. The van der Waals surface area contributed by atoms with Gasteiger partial charge in [0.1, 0.15) is 11.4 Å². The molecule has 5 nitrogen and oxygen atoms in total. The van der Waals surface area contributed by atoms with E-state index in [0.717, 1.165) is 5.56 Å². The zero-order valence-electron chi connectivity index (χ0n) is 11.0. The zero-order valence-corrected chi connectivity index (χ0v) is 11.0. The first-order valence-electron chi connectivity index (χ1n) is 6.44. The van der Waals surface area contributed by atoms with Crippen molar-refractivity contribution >= 4 is 5.91 Å². The highest BCUT2D eigenvalue weighted by Crippen LogP contribution is 2.14. The van der Waals surface area contributed by atoms with Crippen molar-refractivity contribution < 1.29 is 9.90 Å². The summed E-state index contributed by atoms with van der Waals surface area (Å²) in [6.07, 6.45) is 1.59. The van der Waals surface area contributed by atoms with Crippen LogP contribution >= 0.6 is 0 Å². The molecule has 20 heavy (non-hydrogen) atoms. The van der Waals surface area contributed by atoms with Gasteiger partial charge in [-0.25, -0.2) is 0 Å². The first-order valence-corrected chi connectivity index (χ1v) is 6.44. The fourth-order valence-corrected chi connectivity index (χ4v) is 1.74. The molecule has 2 aromatic rings. The number of nitrogens with zero attached hydrogens (tertiary/aromatic N) is 1. The maximum absolute atomic E-state index is 11.7. The summed E-state index contributed by atoms with van der Waals surface area (Å²) in [4.78, 5) is 15.7. The molecule has 0 saturated carbocycles. The summed E-state index contributed by atoms with van der Waals surface area (Å²) in [6.45, 7) is 1.68. The number of pyridine rings is 1. The minimum atomic E-state index is -0.185. The van der Waals surface area contributed by atoms with Gasteiger partial charge in [-0.1, -0.05) is 24.3 Å². The van der Waals surface area contributed by atoms with Gasteiger partial charge in [0.15, 0.2) is 0 Å². The Hall–Kier alpha value is -2.40. The number of hydrogen-bond acceptors (Lipinski definition) is 4. The summed E-state index contributed by atoms with van der Waals surface area (Å²) in [5.41, 5.74) is 1.25. The summed E-state index contributed by atoms with van der Waals surface area (Å²) in [7, 11) is 0. The van der Waals surface area contributed by atoms with E-state index < -0.39 is 0 Å². The Morgan fingerprint density at radius 3 is 2.65 bits per heavy atom. The van der Waals surface area contributed by atoms with E-state index in [2.05, 4.69) is 15.6 Å². The van der Waals surface area contributed by atoms with Crippen LogP contribution in [0.25, 0.3) is 0 Å². The fourth-order valence-electron chi connectivity index (χ4n) is 1.74. The van der Waals surface area contributed by atoms with Gasteiger partial charge >= 0.3 is 0 Å². The van der Waals surface area contributed by atoms with Crippen molar-refractivity contribution in [1.82, 2.24) is 15.6 Å². The molecule has 3 N–H and O–H groups in total. The van der Waals surface area contributed by atoms with Crippen molar-refractivity contribution in [2.75, 3.05) is 13.1 Å². The molecule has 0 atom stereocenters. The minimum absolute atomic E-state index is 0.185. The molecule has 5 heteroatoms. The number of aromatic hydroxyl groups is 1. The molecule has 0 aliphatic carbocycles. The fraction of sp³-hybridized carbons (Fsp3) is 0.200. The standard InChI is InChI=1S/C15H17N3O2/c19-14-7-2-1-5-12(14)11-16-9-10-18-15(20)13-6-3-4-8-17-13/h1-8,16,19H,9-11H2,(H,18,20). The second kappa shape index (κ2) is 7.25. The van der Waals surface area contributed by atoms with Crippen molar-refractivity contribution in [2.24, 2.45) is 0 Å². The first kappa shape index (κ1) is 14.0. The SMILES string of the molecule is O=C(NCCNCc1ccccc1O)c1ccccn1. The first-order chi connectivity index (χ1) is 9.77. The number of benzene rings is 1. The van der Waals surface area contributed by atoms with Crippen molar-refractivity contribution in [2.45, 2.75) is 6.54 Å². The average molecular weight is 271 g/mol. The number of hydrogen-bond donors (Lipinski definition) is 3. The van der Waals surface area contributed by atoms with Gasteiger partial charge in [-0.3, -0.25) is 9.78 Å². The molecule has 0 unspecified atom stereocenters. The Balaban J connectivity index is 1.67. The number of rotatable bonds is 6. The summed E-state index contributed by atoms with van der Waals surface area (Å²) in [5.74, 6) is 0.0903. The van der Waals surface area contributed by atoms with Crippen LogP contribution in [0.1, 0.15) is 16.1 Å². The lowest BCUT2D eigenvalue weighted by molar-refractivity contribution is 0.0949. The normalized spacial score (nSPS) is 10.2. The van der Waals surface area contributed by atoms with Crippen molar-refractivity contribution in [3.63, 3.8) is 0 Å². The number of amides is 1. The number of aromatic nitrogens is 1. The van der Waals surface area contributed by atoms with E-state index in [-0.39, 0.29) is 11.7 Å². The van der Waals surface area contributed by atoms with Crippen LogP contribution in [0.4, 0.5) is 0 Å². The van der Waals surface area contributed by atoms with E-state index in [4.69, 9.17) is 0 Å². The number of nitrogens with one attached hydrogen (secondary N) is 2. The molecule has 1 aromatic heterocycles. The monoisotopic (exact) mass is 271 g/mol. The summed E-state index contributed by atoms with van der Waals surface area (Å²) >= 11 is 0. The van der Waals surface area contributed by atoms with E-state index in [1.807, 2.05) is 12.1 Å². The highest BCUT2D eigenvalue weighted by molar-refractivity contribution is 5.92. The number of phenols is 1. The van der Waals surface area contributed by atoms with E-state index in [1.165, 1.54) is 0 Å². The van der Waals surface area contributed by atoms with Crippen LogP contribution in [-0.2, 0) is 6.54 Å². The van der Waals surface area contributed by atoms with E-state index in [0.29, 0.717) is 25.3 Å². The number of carbonyl (C=O) groups excluding carboxylic acids is 1. The quantitative estimate of drug-likeness (QED) is 0.692. The average Bonchev–Trinajstić information content (AvgIpc) is 2.49. The minimum Gasteiger partial charge on any atom is -0.508 e. The lowest BCUT2D eigenvalue weighted by Crippen LogP contribution is -2.32. The van der Waals surface area contributed by atoms with Crippen LogP contribution in [0.3, 0.4) is 0 Å². The van der Waals surface area contributed by atoms with Gasteiger partial charge in [-0.05, 0) is 18.2 Å². The maximum atomic E-state index is 11.7. The van der Waals surface area contributed by atoms with Gasteiger partial charge in [0, 0.05) is 31.4 Å². The smallest absolute Gasteiger partial charge is 0.269 e. The lowest BCUT2D eigenvalue weighted by Gasteiger charge is -2.07. The van der Waals surface area contributed by atoms with Gasteiger partial charge in [0.25, 0.3) is 5.91 Å². The lowest BCUT2D eigenvalue weighted by atomic mass is 10.2. The topological polar surface area (TPSA) is 74.2 Å². The van der Waals surface area contributed by atoms with Gasteiger partial charge in [-0.2, -0.15) is 0 Å². The molecule has 1 amide bonds. The summed E-state index contributed by atoms with van der Waals surface area (Å²) in [6, 6.07) is 12.4. The zero-order chi connectivity index (χ0) is 14.2. The Morgan fingerprint density at radius 1 is 1.10 bits per heavy atom. The molecule has 0 saturated heterocycles. The molecule has 1 aromatic carbocycles. The molecular formula is C15H17N3O2. The van der Waals surface area contributed by atoms with Crippen LogP contribution in [0, 0.1) is 0 Å². The van der Waals surface area contributed by atoms with E-state index in [1.54, 1.807) is 36.5 Å². The van der Waals surface area contributed by atoms with Crippen LogP contribution in [-0.4, -0.2) is 29.1 Å². The van der Waals surface area contributed by atoms with Crippen LogP contribution in [0.5, 0.6) is 5.75 Å². The molecule has 0 aliphatic heterocycles. The molecule has 0 spiro atoms. The third kappa shape index (κ3) is 4.07. The molecule has 0 radical (unpaired) electrons. The molecule has 104 valence electrons. The van der Waals surface area contributed by atoms with E-state index in [9.17, 15) is 9.90 Å². The molecule has 0 aliphatic rings. The molecule has 2 rings (SSSR count). The second-order valence-corrected chi connectivity index (χ2v) is 4.28. The van der Waals surface area contributed by atoms with Crippen molar-refractivity contribution in [1.29, 1.82) is 0 Å². The van der Waals surface area contributed by atoms with Gasteiger partial charge in [0.2, 0.25) is 0 Å². The van der Waals surface area contributed by atoms with Gasteiger partial charge in [0.05, 0.1) is 0 Å². The van der Waals surface area contributed by atoms with Crippen LogP contribution < -0.4 is 10.6 Å². The van der Waals surface area contributed by atoms with Crippen molar-refractivity contribution in [3.05, 3.63) is 59.9 Å². The molecule has 0 bridgehead atoms. The highest BCUT2D eigenvalue weighted by Gasteiger charge is 2.04. The van der Waals surface area contributed by atoms with Gasteiger partial charge < -0.3 is 15.7 Å². The van der Waals surface area contributed by atoms with E-state index >= 15 is 0 Å². The molecule has 0 fully saturated rings. The largest absolute Gasteiger partial charge is 0.508 e.